The van der Waals surface area contributed by atoms with Crippen molar-refractivity contribution in [2.24, 2.45) is 10.9 Å². The highest BCUT2D eigenvalue weighted by Crippen LogP contribution is 2.12. The van der Waals surface area contributed by atoms with E-state index in [1.807, 2.05) is 26.0 Å². The van der Waals surface area contributed by atoms with Gasteiger partial charge in [0.2, 0.25) is 5.91 Å². The fourth-order valence-electron chi connectivity index (χ4n) is 2.78. The SMILES string of the molecule is CCNC(=NCCCOCC1CCOC1)NCCC(=O)Nc1cccc(C)n1.I. The minimum atomic E-state index is -0.0780. The van der Waals surface area contributed by atoms with Crippen LogP contribution in [0.2, 0.25) is 0 Å². The minimum Gasteiger partial charge on any atom is -0.381 e. The van der Waals surface area contributed by atoms with Gasteiger partial charge in [-0.15, -0.1) is 24.0 Å². The molecule has 1 unspecified atom stereocenters. The highest BCUT2D eigenvalue weighted by atomic mass is 127. The largest absolute Gasteiger partial charge is 0.381 e. The van der Waals surface area contributed by atoms with Crippen LogP contribution in [0.4, 0.5) is 5.82 Å². The van der Waals surface area contributed by atoms with Crippen molar-refractivity contribution in [3.05, 3.63) is 23.9 Å². The molecule has 29 heavy (non-hydrogen) atoms. The average Bonchev–Trinajstić information content (AvgIpc) is 3.18. The first-order chi connectivity index (χ1) is 13.7. The van der Waals surface area contributed by atoms with Crippen molar-refractivity contribution >= 4 is 41.7 Å². The minimum absolute atomic E-state index is 0. The van der Waals surface area contributed by atoms with E-state index in [0.29, 0.717) is 43.8 Å². The summed E-state index contributed by atoms with van der Waals surface area (Å²) in [5, 5.41) is 9.17. The van der Waals surface area contributed by atoms with Crippen molar-refractivity contribution in [1.29, 1.82) is 0 Å². The maximum atomic E-state index is 12.0. The maximum Gasteiger partial charge on any atom is 0.227 e. The van der Waals surface area contributed by atoms with Gasteiger partial charge in [-0.05, 0) is 38.8 Å². The maximum absolute atomic E-state index is 12.0. The van der Waals surface area contributed by atoms with E-state index in [1.54, 1.807) is 6.07 Å². The van der Waals surface area contributed by atoms with Gasteiger partial charge in [0.15, 0.2) is 5.96 Å². The lowest BCUT2D eigenvalue weighted by Gasteiger charge is -2.12. The number of hydrogen-bond acceptors (Lipinski definition) is 5. The van der Waals surface area contributed by atoms with Gasteiger partial charge >= 0.3 is 0 Å². The van der Waals surface area contributed by atoms with Gasteiger partial charge in [-0.25, -0.2) is 4.98 Å². The lowest BCUT2D eigenvalue weighted by molar-refractivity contribution is -0.116. The zero-order chi connectivity index (χ0) is 20.0. The molecule has 1 aliphatic heterocycles. The third kappa shape index (κ3) is 11.3. The molecule has 1 aliphatic rings. The lowest BCUT2D eigenvalue weighted by Crippen LogP contribution is -2.38. The number of nitrogens with one attached hydrogen (secondary N) is 3. The van der Waals surface area contributed by atoms with Crippen LogP contribution < -0.4 is 16.0 Å². The first-order valence-electron chi connectivity index (χ1n) is 10.1. The summed E-state index contributed by atoms with van der Waals surface area (Å²) in [7, 11) is 0. The molecule has 3 N–H and O–H groups in total. The van der Waals surface area contributed by atoms with Crippen molar-refractivity contribution in [2.45, 2.75) is 33.1 Å². The summed E-state index contributed by atoms with van der Waals surface area (Å²) in [5.41, 5.74) is 0.873. The van der Waals surface area contributed by atoms with Crippen LogP contribution in [0, 0.1) is 12.8 Å². The number of carbonyl (C=O) groups excluding carboxylic acids is 1. The molecule has 0 spiro atoms. The van der Waals surface area contributed by atoms with Gasteiger partial charge in [0, 0.05) is 50.9 Å². The van der Waals surface area contributed by atoms with Gasteiger partial charge in [-0.3, -0.25) is 9.79 Å². The van der Waals surface area contributed by atoms with E-state index in [0.717, 1.165) is 44.9 Å². The number of ether oxygens (including phenoxy) is 2. The van der Waals surface area contributed by atoms with Crippen molar-refractivity contribution in [3.63, 3.8) is 0 Å². The smallest absolute Gasteiger partial charge is 0.227 e. The molecular formula is C20H34IN5O3. The van der Waals surface area contributed by atoms with Gasteiger partial charge in [0.05, 0.1) is 13.2 Å². The Morgan fingerprint density at radius 2 is 2.24 bits per heavy atom. The van der Waals surface area contributed by atoms with Crippen LogP contribution in [0.15, 0.2) is 23.2 Å². The first kappa shape index (κ1) is 25.6. The van der Waals surface area contributed by atoms with E-state index in [9.17, 15) is 4.79 Å². The number of aryl methyl sites for hydroxylation is 1. The Kier molecular flexibility index (Phi) is 13.6. The highest BCUT2D eigenvalue weighted by molar-refractivity contribution is 14.0. The molecule has 0 saturated carbocycles. The number of nitrogens with zero attached hydrogens (tertiary/aromatic N) is 2. The monoisotopic (exact) mass is 519 g/mol. The molecular weight excluding hydrogens is 485 g/mol. The number of hydrogen-bond donors (Lipinski definition) is 3. The molecule has 0 aliphatic carbocycles. The van der Waals surface area contributed by atoms with E-state index in [2.05, 4.69) is 25.9 Å². The second kappa shape index (κ2) is 15.4. The molecule has 8 nitrogen and oxygen atoms in total. The third-order valence-electron chi connectivity index (χ3n) is 4.24. The van der Waals surface area contributed by atoms with Gasteiger partial charge in [-0.1, -0.05) is 6.07 Å². The second-order valence-corrected chi connectivity index (χ2v) is 6.81. The van der Waals surface area contributed by atoms with E-state index in [-0.39, 0.29) is 29.9 Å². The molecule has 1 amide bonds. The van der Waals surface area contributed by atoms with Crippen molar-refractivity contribution < 1.29 is 14.3 Å². The van der Waals surface area contributed by atoms with Crippen LogP contribution in [0.25, 0.3) is 0 Å². The van der Waals surface area contributed by atoms with E-state index >= 15 is 0 Å². The topological polar surface area (TPSA) is 96.9 Å². The third-order valence-corrected chi connectivity index (χ3v) is 4.24. The summed E-state index contributed by atoms with van der Waals surface area (Å²) < 4.78 is 11.0. The number of aliphatic imine (C=N–C) groups is 1. The second-order valence-electron chi connectivity index (χ2n) is 6.81. The van der Waals surface area contributed by atoms with Crippen LogP contribution in [0.1, 0.15) is 31.9 Å². The molecule has 164 valence electrons. The van der Waals surface area contributed by atoms with Gasteiger partial charge in [0.1, 0.15) is 5.82 Å². The Labute approximate surface area is 190 Å². The molecule has 2 rings (SSSR count). The van der Waals surface area contributed by atoms with E-state index in [1.165, 1.54) is 0 Å². The predicted molar refractivity (Wildman–Crippen MR) is 126 cm³/mol. The summed E-state index contributed by atoms with van der Waals surface area (Å²) in [6.45, 7) is 9.00. The molecule has 1 saturated heterocycles. The molecule has 1 fully saturated rings. The summed E-state index contributed by atoms with van der Waals surface area (Å²) in [6, 6.07) is 5.55. The van der Waals surface area contributed by atoms with Crippen LogP contribution >= 0.6 is 24.0 Å². The number of halogens is 1. The molecule has 1 aromatic rings. The summed E-state index contributed by atoms with van der Waals surface area (Å²) >= 11 is 0. The van der Waals surface area contributed by atoms with Gasteiger partial charge in [0.25, 0.3) is 0 Å². The summed E-state index contributed by atoms with van der Waals surface area (Å²) in [4.78, 5) is 20.8. The standard InChI is InChI=1S/C20H33N5O3.HI/c1-3-21-20(22-10-5-12-27-14-17-9-13-28-15-17)23-11-8-19(26)25-18-7-4-6-16(2)24-18;/h4,6-7,17H,3,5,8-15H2,1-2H3,(H2,21,22,23)(H,24,25,26);1H. The molecule has 1 aromatic heterocycles. The number of guanidine groups is 1. The van der Waals surface area contributed by atoms with E-state index < -0.39 is 0 Å². The van der Waals surface area contributed by atoms with E-state index in [4.69, 9.17) is 9.47 Å². The van der Waals surface area contributed by atoms with Crippen molar-refractivity contribution in [3.8, 4) is 0 Å². The zero-order valence-electron chi connectivity index (χ0n) is 17.4. The van der Waals surface area contributed by atoms with Crippen LogP contribution in [0.5, 0.6) is 0 Å². The predicted octanol–water partition coefficient (Wildman–Crippen LogP) is 2.33. The number of carbonyl (C=O) groups is 1. The number of amides is 1. The number of pyridine rings is 1. The number of anilines is 1. The summed E-state index contributed by atoms with van der Waals surface area (Å²) in [6.07, 6.45) is 2.30. The number of rotatable bonds is 11. The Balaban J connectivity index is 0.00000420. The Hall–Kier alpha value is -1.46. The molecule has 1 atom stereocenters. The van der Waals surface area contributed by atoms with Gasteiger partial charge in [-0.2, -0.15) is 0 Å². The molecule has 2 heterocycles. The summed E-state index contributed by atoms with van der Waals surface area (Å²) in [5.74, 6) is 1.76. The van der Waals surface area contributed by atoms with Crippen molar-refractivity contribution in [1.82, 2.24) is 15.6 Å². The highest BCUT2D eigenvalue weighted by Gasteiger charge is 2.15. The fraction of sp³-hybridized carbons (Fsp3) is 0.650. The normalized spacial score (nSPS) is 16.2. The average molecular weight is 519 g/mol. The van der Waals surface area contributed by atoms with Gasteiger partial charge < -0.3 is 25.4 Å². The Morgan fingerprint density at radius 3 is 2.97 bits per heavy atom. The van der Waals surface area contributed by atoms with Crippen LogP contribution in [-0.4, -0.2) is 62.9 Å². The first-order valence-corrected chi connectivity index (χ1v) is 10.1. The van der Waals surface area contributed by atoms with Crippen LogP contribution in [0.3, 0.4) is 0 Å². The van der Waals surface area contributed by atoms with Crippen LogP contribution in [-0.2, 0) is 14.3 Å². The lowest BCUT2D eigenvalue weighted by atomic mass is 10.1. The van der Waals surface area contributed by atoms with Crippen molar-refractivity contribution in [2.75, 3.05) is 51.4 Å². The number of aromatic nitrogens is 1. The molecule has 0 aromatic carbocycles. The Morgan fingerprint density at radius 1 is 1.38 bits per heavy atom. The molecule has 0 bridgehead atoms. The zero-order valence-corrected chi connectivity index (χ0v) is 19.7. The molecule has 9 heteroatoms. The fourth-order valence-corrected chi connectivity index (χ4v) is 2.78. The quantitative estimate of drug-likeness (QED) is 0.180. The Bertz CT molecular complexity index is 624. The molecule has 0 radical (unpaired) electrons.